The first-order valence-corrected chi connectivity index (χ1v) is 11.2. The van der Waals surface area contributed by atoms with Crippen molar-refractivity contribution in [3.05, 3.63) is 59.3 Å². The lowest BCUT2D eigenvalue weighted by atomic mass is 10.1. The Kier molecular flexibility index (Phi) is 7.04. The van der Waals surface area contributed by atoms with Gasteiger partial charge in [0.05, 0.1) is 16.7 Å². The number of hydrogen-bond acceptors (Lipinski definition) is 6. The van der Waals surface area contributed by atoms with Crippen molar-refractivity contribution >= 4 is 29.2 Å². The van der Waals surface area contributed by atoms with Crippen LogP contribution in [-0.4, -0.2) is 65.8 Å². The molecule has 0 bridgehead atoms. The Bertz CT molecular complexity index is 1120. The molecule has 0 unspecified atom stereocenters. The first-order chi connectivity index (χ1) is 15.2. The van der Waals surface area contributed by atoms with Crippen molar-refractivity contribution in [2.45, 2.75) is 25.8 Å². The highest BCUT2D eigenvalue weighted by atomic mass is 35.5. The summed E-state index contributed by atoms with van der Waals surface area (Å²) in [6.45, 7) is 4.82. The van der Waals surface area contributed by atoms with Gasteiger partial charge in [0.15, 0.2) is 0 Å². The molecule has 3 aromatic rings. The summed E-state index contributed by atoms with van der Waals surface area (Å²) in [4.78, 5) is 20.5. The Labute approximate surface area is 195 Å². The van der Waals surface area contributed by atoms with E-state index in [9.17, 15) is 0 Å². The summed E-state index contributed by atoms with van der Waals surface area (Å²) in [7, 11) is 4.13. The maximum Gasteiger partial charge on any atom is 0.138 e. The predicted octanol–water partition coefficient (Wildman–Crippen LogP) is 4.35. The fourth-order valence-electron chi connectivity index (χ4n) is 4.47. The Morgan fingerprint density at radius 2 is 1.75 bits per heavy atom. The number of fused-ring (bicyclic) bond motifs is 4. The lowest BCUT2D eigenvalue weighted by Gasteiger charge is -2.16. The van der Waals surface area contributed by atoms with Crippen LogP contribution in [0.25, 0.3) is 22.3 Å². The molecule has 2 heterocycles. The summed E-state index contributed by atoms with van der Waals surface area (Å²) in [6.07, 6.45) is 3.50. The van der Waals surface area contributed by atoms with Crippen LogP contribution in [0.3, 0.4) is 0 Å². The SMILES string of the molecule is CN(C)CCCO/N=C1\c2ccccc2-c2nc3c(CN4CCCC4)cccc3nc21.Cl. The van der Waals surface area contributed by atoms with E-state index in [2.05, 4.69) is 59.4 Å². The minimum atomic E-state index is 0. The fourth-order valence-corrected chi connectivity index (χ4v) is 4.47. The standard InChI is InChI=1S/C25H29N5O.ClH/c1-29(2)13-8-16-31-28-24-20-11-4-3-10-19(20)23-25(24)26-21-12-7-9-18(22(21)27-23)17-30-14-5-6-15-30;/h3-4,7,9-12H,5-6,8,13-17H2,1-2H3;1H/b28-24+;. The van der Waals surface area contributed by atoms with Gasteiger partial charge in [-0.25, -0.2) is 9.97 Å². The molecule has 1 aliphatic heterocycles. The third-order valence-corrected chi connectivity index (χ3v) is 6.03. The van der Waals surface area contributed by atoms with Gasteiger partial charge >= 0.3 is 0 Å². The summed E-state index contributed by atoms with van der Waals surface area (Å²) in [5.74, 6) is 0. The molecule has 2 aromatic carbocycles. The highest BCUT2D eigenvalue weighted by Crippen LogP contribution is 2.36. The summed E-state index contributed by atoms with van der Waals surface area (Å²) in [5, 5.41) is 4.50. The van der Waals surface area contributed by atoms with Gasteiger partial charge in [0.1, 0.15) is 18.0 Å². The molecule has 1 aliphatic carbocycles. The highest BCUT2D eigenvalue weighted by Gasteiger charge is 2.29. The van der Waals surface area contributed by atoms with Gasteiger partial charge in [-0.3, -0.25) is 4.90 Å². The third kappa shape index (κ3) is 4.49. The Balaban J connectivity index is 0.00000245. The van der Waals surface area contributed by atoms with Crippen molar-refractivity contribution in [2.75, 3.05) is 40.3 Å². The molecule has 32 heavy (non-hydrogen) atoms. The minimum Gasteiger partial charge on any atom is -0.395 e. The third-order valence-electron chi connectivity index (χ3n) is 6.03. The van der Waals surface area contributed by atoms with Gasteiger partial charge in [-0.05, 0) is 58.1 Å². The molecule has 0 spiro atoms. The average Bonchev–Trinajstić information content (AvgIpc) is 3.39. The summed E-state index contributed by atoms with van der Waals surface area (Å²) < 4.78 is 0. The predicted molar refractivity (Wildman–Crippen MR) is 131 cm³/mol. The number of nitrogens with zero attached hydrogens (tertiary/aromatic N) is 5. The van der Waals surface area contributed by atoms with Gasteiger partial charge in [-0.2, -0.15) is 0 Å². The number of hydrogen-bond donors (Lipinski definition) is 0. The normalized spacial score (nSPS) is 16.4. The van der Waals surface area contributed by atoms with E-state index in [0.29, 0.717) is 6.61 Å². The van der Waals surface area contributed by atoms with E-state index in [0.717, 1.165) is 58.8 Å². The number of likely N-dealkylation sites (tertiary alicyclic amines) is 1. The van der Waals surface area contributed by atoms with Crippen LogP contribution < -0.4 is 0 Å². The molecular weight excluding hydrogens is 422 g/mol. The van der Waals surface area contributed by atoms with Gasteiger partial charge in [-0.1, -0.05) is 41.6 Å². The number of halogens is 1. The van der Waals surface area contributed by atoms with Crippen LogP contribution in [0.2, 0.25) is 0 Å². The second kappa shape index (κ2) is 9.94. The van der Waals surface area contributed by atoms with Crippen LogP contribution in [0.4, 0.5) is 0 Å². The molecule has 1 fully saturated rings. The smallest absolute Gasteiger partial charge is 0.138 e. The van der Waals surface area contributed by atoms with E-state index < -0.39 is 0 Å². The summed E-state index contributed by atoms with van der Waals surface area (Å²) in [6, 6.07) is 14.6. The maximum absolute atomic E-state index is 5.69. The molecule has 0 amide bonds. The van der Waals surface area contributed by atoms with Crippen molar-refractivity contribution in [3.8, 4) is 11.3 Å². The summed E-state index contributed by atoms with van der Waals surface area (Å²) in [5.41, 5.74) is 7.80. The van der Waals surface area contributed by atoms with E-state index in [-0.39, 0.29) is 12.4 Å². The molecule has 0 radical (unpaired) electrons. The number of benzene rings is 2. The second-order valence-electron chi connectivity index (χ2n) is 8.66. The molecule has 0 atom stereocenters. The van der Waals surface area contributed by atoms with Crippen molar-refractivity contribution in [1.29, 1.82) is 0 Å². The summed E-state index contributed by atoms with van der Waals surface area (Å²) >= 11 is 0. The van der Waals surface area contributed by atoms with E-state index in [1.54, 1.807) is 0 Å². The molecular formula is C25H30ClN5O. The fraction of sp³-hybridized carbons (Fsp3) is 0.400. The molecule has 2 aliphatic rings. The Hall–Kier alpha value is -2.54. The Morgan fingerprint density at radius 1 is 0.969 bits per heavy atom. The average molecular weight is 452 g/mol. The van der Waals surface area contributed by atoms with Crippen molar-refractivity contribution in [3.63, 3.8) is 0 Å². The van der Waals surface area contributed by atoms with Crippen molar-refractivity contribution in [1.82, 2.24) is 19.8 Å². The van der Waals surface area contributed by atoms with Crippen LogP contribution >= 0.6 is 12.4 Å². The van der Waals surface area contributed by atoms with Gasteiger partial charge < -0.3 is 9.74 Å². The van der Waals surface area contributed by atoms with E-state index >= 15 is 0 Å². The van der Waals surface area contributed by atoms with Gasteiger partial charge in [0.2, 0.25) is 0 Å². The van der Waals surface area contributed by atoms with Crippen LogP contribution in [0.15, 0.2) is 47.6 Å². The van der Waals surface area contributed by atoms with Gasteiger partial charge in [0, 0.05) is 24.2 Å². The number of para-hydroxylation sites is 1. The van der Waals surface area contributed by atoms with E-state index in [1.807, 2.05) is 12.1 Å². The molecule has 1 aromatic heterocycles. The van der Waals surface area contributed by atoms with Crippen LogP contribution in [0, 0.1) is 0 Å². The van der Waals surface area contributed by atoms with E-state index in [1.165, 1.54) is 31.5 Å². The zero-order valence-electron chi connectivity index (χ0n) is 18.8. The first-order valence-electron chi connectivity index (χ1n) is 11.2. The lowest BCUT2D eigenvalue weighted by molar-refractivity contribution is 0.135. The maximum atomic E-state index is 5.69. The second-order valence-corrected chi connectivity index (χ2v) is 8.66. The largest absolute Gasteiger partial charge is 0.395 e. The molecule has 5 rings (SSSR count). The number of oxime groups is 1. The van der Waals surface area contributed by atoms with Crippen LogP contribution in [0.5, 0.6) is 0 Å². The molecule has 6 nitrogen and oxygen atoms in total. The molecule has 7 heteroatoms. The first kappa shape index (κ1) is 22.6. The van der Waals surface area contributed by atoms with Crippen molar-refractivity contribution in [2.24, 2.45) is 5.16 Å². The topological polar surface area (TPSA) is 53.9 Å². The number of rotatable bonds is 7. The highest BCUT2D eigenvalue weighted by molar-refractivity contribution is 6.23. The van der Waals surface area contributed by atoms with Gasteiger partial charge in [-0.15, -0.1) is 12.4 Å². The quantitative estimate of drug-likeness (QED) is 0.309. The monoisotopic (exact) mass is 451 g/mol. The van der Waals surface area contributed by atoms with E-state index in [4.69, 9.17) is 14.8 Å². The van der Waals surface area contributed by atoms with Crippen molar-refractivity contribution < 1.29 is 4.84 Å². The molecule has 0 saturated carbocycles. The Morgan fingerprint density at radius 3 is 2.53 bits per heavy atom. The molecule has 168 valence electrons. The minimum absolute atomic E-state index is 0. The number of aromatic nitrogens is 2. The zero-order valence-corrected chi connectivity index (χ0v) is 19.6. The zero-order chi connectivity index (χ0) is 21.2. The van der Waals surface area contributed by atoms with Crippen LogP contribution in [-0.2, 0) is 11.4 Å². The molecule has 1 saturated heterocycles. The van der Waals surface area contributed by atoms with Gasteiger partial charge in [0.25, 0.3) is 0 Å². The lowest BCUT2D eigenvalue weighted by Crippen LogP contribution is -2.18. The molecule has 0 N–H and O–H groups in total. The van der Waals surface area contributed by atoms with Crippen LogP contribution in [0.1, 0.15) is 36.1 Å².